The molecule has 2 heterocycles. The molecule has 0 unspecified atom stereocenters. The van der Waals surface area contributed by atoms with Crippen LogP contribution < -0.4 is 5.32 Å². The average Bonchev–Trinajstić information content (AvgIpc) is 2.70. The van der Waals surface area contributed by atoms with Crippen LogP contribution in [0.2, 0.25) is 0 Å². The van der Waals surface area contributed by atoms with E-state index in [0.29, 0.717) is 41.1 Å². The number of anilines is 2. The maximum Gasteiger partial charge on any atom is 0.257 e. The summed E-state index contributed by atoms with van der Waals surface area (Å²) in [5.41, 5.74) is 2.66. The van der Waals surface area contributed by atoms with E-state index in [4.69, 9.17) is 5.26 Å². The van der Waals surface area contributed by atoms with E-state index in [0.717, 1.165) is 5.69 Å². The van der Waals surface area contributed by atoms with Crippen LogP contribution in [0.3, 0.4) is 0 Å². The molecule has 0 saturated heterocycles. The number of halogens is 2. The van der Waals surface area contributed by atoms with Crippen LogP contribution in [0.25, 0.3) is 11.0 Å². The summed E-state index contributed by atoms with van der Waals surface area (Å²) in [6, 6.07) is 9.67. The largest absolute Gasteiger partial charge is 0.354 e. The van der Waals surface area contributed by atoms with Gasteiger partial charge in [-0.05, 0) is 51.1 Å². The molecule has 1 N–H and O–H groups in total. The maximum atomic E-state index is 13.7. The molecule has 0 atom stereocenters. The van der Waals surface area contributed by atoms with Crippen molar-refractivity contribution in [2.75, 3.05) is 18.4 Å². The molecule has 3 rings (SSSR count). The first kappa shape index (κ1) is 22.1. The van der Waals surface area contributed by atoms with Gasteiger partial charge in [-0.15, -0.1) is 12.4 Å². The number of nitrogens with one attached hydrogen (secondary N) is 1. The van der Waals surface area contributed by atoms with Crippen molar-refractivity contribution in [1.29, 1.82) is 5.26 Å². The standard InChI is InChI=1S/C21H20FN5O.ClH/c1-4-27(5-2)21(28)17-12-24-20-16(8-6-13(3)25-20)19(17)26-15-7-9-18(22)14(10-15)11-23;/h6-10,12H,4-5H2,1-3H3,(H,24,25,26);1H. The molecule has 0 saturated carbocycles. The van der Waals surface area contributed by atoms with Gasteiger partial charge in [0, 0.05) is 36.1 Å². The van der Waals surface area contributed by atoms with Gasteiger partial charge in [0.1, 0.15) is 11.9 Å². The van der Waals surface area contributed by atoms with Gasteiger partial charge in [-0.25, -0.2) is 14.4 Å². The molecule has 0 bridgehead atoms. The Morgan fingerprint density at radius 2 is 1.97 bits per heavy atom. The lowest BCUT2D eigenvalue weighted by Gasteiger charge is -2.21. The fraction of sp³-hybridized carbons (Fsp3) is 0.238. The molecule has 8 heteroatoms. The van der Waals surface area contributed by atoms with E-state index in [1.165, 1.54) is 24.4 Å². The molecule has 2 aromatic heterocycles. The Morgan fingerprint density at radius 1 is 1.24 bits per heavy atom. The number of fused-ring (bicyclic) bond motifs is 1. The van der Waals surface area contributed by atoms with Crippen molar-refractivity contribution in [1.82, 2.24) is 14.9 Å². The number of carbonyl (C=O) groups excluding carboxylic acids is 1. The van der Waals surface area contributed by atoms with E-state index in [1.54, 1.807) is 4.90 Å². The molecule has 6 nitrogen and oxygen atoms in total. The number of nitrogens with zero attached hydrogens (tertiary/aromatic N) is 4. The van der Waals surface area contributed by atoms with E-state index in [9.17, 15) is 9.18 Å². The van der Waals surface area contributed by atoms with Gasteiger partial charge in [0.05, 0.1) is 16.8 Å². The van der Waals surface area contributed by atoms with E-state index < -0.39 is 5.82 Å². The van der Waals surface area contributed by atoms with E-state index >= 15 is 0 Å². The lowest BCUT2D eigenvalue weighted by atomic mass is 10.1. The zero-order valence-corrected chi connectivity index (χ0v) is 17.2. The first-order valence-corrected chi connectivity index (χ1v) is 9.00. The highest BCUT2D eigenvalue weighted by Gasteiger charge is 2.20. The van der Waals surface area contributed by atoms with Crippen LogP contribution in [0.1, 0.15) is 35.5 Å². The second kappa shape index (κ2) is 9.30. The fourth-order valence-electron chi connectivity index (χ4n) is 2.98. The van der Waals surface area contributed by atoms with Crippen LogP contribution in [0.5, 0.6) is 0 Å². The zero-order valence-electron chi connectivity index (χ0n) is 16.4. The summed E-state index contributed by atoms with van der Waals surface area (Å²) in [7, 11) is 0. The van der Waals surface area contributed by atoms with Crippen LogP contribution in [0, 0.1) is 24.1 Å². The highest BCUT2D eigenvalue weighted by Crippen LogP contribution is 2.30. The van der Waals surface area contributed by atoms with Gasteiger partial charge in [0.15, 0.2) is 5.65 Å². The predicted molar refractivity (Wildman–Crippen MR) is 113 cm³/mol. The highest BCUT2D eigenvalue weighted by atomic mass is 35.5. The number of hydrogen-bond acceptors (Lipinski definition) is 5. The summed E-state index contributed by atoms with van der Waals surface area (Å²) in [6.07, 6.45) is 1.51. The molecule has 29 heavy (non-hydrogen) atoms. The third-order valence-corrected chi connectivity index (χ3v) is 4.51. The zero-order chi connectivity index (χ0) is 20.3. The Balaban J connectivity index is 0.00000300. The van der Waals surface area contributed by atoms with Crippen molar-refractivity contribution in [2.45, 2.75) is 20.8 Å². The summed E-state index contributed by atoms with van der Waals surface area (Å²) in [5.74, 6) is -0.755. The van der Waals surface area contributed by atoms with Crippen molar-refractivity contribution in [3.63, 3.8) is 0 Å². The number of benzene rings is 1. The number of hydrogen-bond donors (Lipinski definition) is 1. The summed E-state index contributed by atoms with van der Waals surface area (Å²) < 4.78 is 13.7. The predicted octanol–water partition coefficient (Wildman–Crippen LogP) is 4.60. The molecule has 1 amide bonds. The van der Waals surface area contributed by atoms with Gasteiger partial charge >= 0.3 is 0 Å². The lowest BCUT2D eigenvalue weighted by molar-refractivity contribution is 0.0773. The Labute approximate surface area is 174 Å². The van der Waals surface area contributed by atoms with Crippen molar-refractivity contribution in [3.05, 3.63) is 59.2 Å². The van der Waals surface area contributed by atoms with Gasteiger partial charge < -0.3 is 10.2 Å². The number of pyridine rings is 2. The van der Waals surface area contributed by atoms with Crippen molar-refractivity contribution < 1.29 is 9.18 Å². The Bertz CT molecular complexity index is 1090. The Kier molecular flexibility index (Phi) is 7.08. The minimum absolute atomic E-state index is 0. The number of rotatable bonds is 5. The smallest absolute Gasteiger partial charge is 0.257 e. The number of aromatic nitrogens is 2. The van der Waals surface area contributed by atoms with Gasteiger partial charge in [-0.1, -0.05) is 0 Å². The number of nitriles is 1. The molecule has 0 aliphatic heterocycles. The van der Waals surface area contributed by atoms with E-state index in [-0.39, 0.29) is 23.9 Å². The van der Waals surface area contributed by atoms with Crippen LogP contribution in [-0.4, -0.2) is 33.9 Å². The SMILES string of the molecule is CCN(CC)C(=O)c1cnc2nc(C)ccc2c1Nc1ccc(F)c(C#N)c1.Cl. The molecule has 0 radical (unpaired) electrons. The second-order valence-corrected chi connectivity index (χ2v) is 6.28. The molecule has 3 aromatic rings. The molecule has 0 fully saturated rings. The van der Waals surface area contributed by atoms with Gasteiger partial charge in [-0.3, -0.25) is 4.79 Å². The topological polar surface area (TPSA) is 81.9 Å². The minimum Gasteiger partial charge on any atom is -0.354 e. The van der Waals surface area contributed by atoms with Crippen LogP contribution in [0.15, 0.2) is 36.5 Å². The van der Waals surface area contributed by atoms with Crippen molar-refractivity contribution in [3.8, 4) is 6.07 Å². The second-order valence-electron chi connectivity index (χ2n) is 6.28. The summed E-state index contributed by atoms with van der Waals surface area (Å²) >= 11 is 0. The Morgan fingerprint density at radius 3 is 2.62 bits per heavy atom. The first-order valence-electron chi connectivity index (χ1n) is 9.00. The normalized spacial score (nSPS) is 10.2. The summed E-state index contributed by atoms with van der Waals surface area (Å²) in [6.45, 7) is 6.81. The van der Waals surface area contributed by atoms with Crippen LogP contribution >= 0.6 is 12.4 Å². The maximum absolute atomic E-state index is 13.7. The fourth-order valence-corrected chi connectivity index (χ4v) is 2.98. The molecular weight excluding hydrogens is 393 g/mol. The van der Waals surface area contributed by atoms with Gasteiger partial charge in [0.25, 0.3) is 5.91 Å². The quantitative estimate of drug-likeness (QED) is 0.661. The molecule has 0 aliphatic carbocycles. The minimum atomic E-state index is -0.593. The average molecular weight is 414 g/mol. The van der Waals surface area contributed by atoms with Crippen LogP contribution in [0.4, 0.5) is 15.8 Å². The molecule has 150 valence electrons. The Hall–Kier alpha value is -3.24. The number of carbonyl (C=O) groups is 1. The summed E-state index contributed by atoms with van der Waals surface area (Å²) in [4.78, 5) is 23.5. The van der Waals surface area contributed by atoms with E-state index in [1.807, 2.05) is 39.0 Å². The summed E-state index contributed by atoms with van der Waals surface area (Å²) in [5, 5.41) is 12.9. The first-order chi connectivity index (χ1) is 13.5. The molecular formula is C21H21ClFN5O. The number of amides is 1. The van der Waals surface area contributed by atoms with Gasteiger partial charge in [-0.2, -0.15) is 5.26 Å². The van der Waals surface area contributed by atoms with Gasteiger partial charge in [0.2, 0.25) is 0 Å². The monoisotopic (exact) mass is 413 g/mol. The molecule has 0 spiro atoms. The van der Waals surface area contributed by atoms with Crippen LogP contribution in [-0.2, 0) is 0 Å². The highest BCUT2D eigenvalue weighted by molar-refractivity contribution is 6.07. The van der Waals surface area contributed by atoms with Crippen molar-refractivity contribution in [2.24, 2.45) is 0 Å². The lowest BCUT2D eigenvalue weighted by Crippen LogP contribution is -2.31. The molecule has 0 aliphatic rings. The third kappa shape index (κ3) is 4.44. The van der Waals surface area contributed by atoms with Crippen molar-refractivity contribution >= 4 is 40.7 Å². The van der Waals surface area contributed by atoms with E-state index in [2.05, 4.69) is 15.3 Å². The number of aryl methyl sites for hydroxylation is 1. The third-order valence-electron chi connectivity index (χ3n) is 4.51. The molecule has 1 aromatic carbocycles.